The van der Waals surface area contributed by atoms with E-state index in [0.29, 0.717) is 30.3 Å². The van der Waals surface area contributed by atoms with Gasteiger partial charge in [-0.25, -0.2) is 18.4 Å². The van der Waals surface area contributed by atoms with E-state index < -0.39 is 9.84 Å². The number of nitrogens with one attached hydrogen (secondary N) is 1. The van der Waals surface area contributed by atoms with E-state index in [1.807, 2.05) is 6.07 Å². The highest BCUT2D eigenvalue weighted by Gasteiger charge is 2.27. The normalized spacial score (nSPS) is 21.4. The molecule has 1 aliphatic heterocycles. The highest BCUT2D eigenvalue weighted by atomic mass is 32.2. The third-order valence-electron chi connectivity index (χ3n) is 2.84. The van der Waals surface area contributed by atoms with Gasteiger partial charge in [0.2, 0.25) is 5.95 Å². The summed E-state index contributed by atoms with van der Waals surface area (Å²) in [4.78, 5) is 8.17. The fourth-order valence-electron chi connectivity index (χ4n) is 1.97. The third-order valence-corrected chi connectivity index (χ3v) is 4.68. The average Bonchev–Trinajstić information content (AvgIpc) is 2.65. The molecule has 0 amide bonds. The van der Waals surface area contributed by atoms with E-state index >= 15 is 0 Å². The molecule has 0 aromatic carbocycles. The van der Waals surface area contributed by atoms with Crippen LogP contribution in [0.15, 0.2) is 6.07 Å². The average molecular weight is 266 g/mol. The van der Waals surface area contributed by atoms with Crippen molar-refractivity contribution >= 4 is 15.8 Å². The largest absolute Gasteiger partial charge is 0.354 e. The van der Waals surface area contributed by atoms with Crippen LogP contribution in [0.3, 0.4) is 0 Å². The maximum absolute atomic E-state index is 11.3. The molecule has 0 aliphatic carbocycles. The Morgan fingerprint density at radius 3 is 2.94 bits per heavy atom. The fraction of sp³-hybridized carbons (Fsp3) is 0.545. The number of rotatable bonds is 3. The van der Waals surface area contributed by atoms with E-state index in [0.717, 1.165) is 0 Å². The lowest BCUT2D eigenvalue weighted by molar-refractivity contribution is 0.595. The second-order valence-electron chi connectivity index (χ2n) is 4.48. The van der Waals surface area contributed by atoms with Gasteiger partial charge < -0.3 is 5.32 Å². The second-order valence-corrected chi connectivity index (χ2v) is 6.71. The Balaban J connectivity index is 1.99. The van der Waals surface area contributed by atoms with Crippen LogP contribution >= 0.6 is 0 Å². The van der Waals surface area contributed by atoms with Gasteiger partial charge in [0.05, 0.1) is 11.5 Å². The second kappa shape index (κ2) is 4.90. The number of anilines is 1. The zero-order valence-corrected chi connectivity index (χ0v) is 10.9. The molecule has 1 N–H and O–H groups in total. The highest BCUT2D eigenvalue weighted by molar-refractivity contribution is 7.91. The van der Waals surface area contributed by atoms with E-state index in [9.17, 15) is 8.42 Å². The van der Waals surface area contributed by atoms with Crippen LogP contribution in [0.5, 0.6) is 0 Å². The lowest BCUT2D eigenvalue weighted by atomic mass is 10.1. The van der Waals surface area contributed by atoms with Crippen LogP contribution in [-0.2, 0) is 9.84 Å². The maximum Gasteiger partial charge on any atom is 0.224 e. The summed E-state index contributed by atoms with van der Waals surface area (Å²) in [7, 11) is -2.85. The number of nitrogens with zero attached hydrogens (tertiary/aromatic N) is 3. The van der Waals surface area contributed by atoms with Crippen LogP contribution in [0.1, 0.15) is 17.8 Å². The van der Waals surface area contributed by atoms with Gasteiger partial charge in [0, 0.05) is 12.2 Å². The standard InChI is InChI=1S/C11H14N4O2S/c1-8-4-10(5-12)15-11(14-8)13-6-9-2-3-18(16,17)7-9/h4,9H,2-3,6-7H2,1H3,(H,13,14,15). The molecule has 1 unspecified atom stereocenters. The third kappa shape index (κ3) is 3.17. The smallest absolute Gasteiger partial charge is 0.224 e. The summed E-state index contributed by atoms with van der Waals surface area (Å²) in [5.74, 6) is 0.967. The summed E-state index contributed by atoms with van der Waals surface area (Å²) in [6.45, 7) is 2.31. The number of aryl methyl sites for hydroxylation is 1. The van der Waals surface area contributed by atoms with Gasteiger partial charge in [-0.2, -0.15) is 5.26 Å². The molecule has 1 saturated heterocycles. The zero-order chi connectivity index (χ0) is 13.2. The lowest BCUT2D eigenvalue weighted by Crippen LogP contribution is -2.17. The molecule has 1 atom stereocenters. The summed E-state index contributed by atoms with van der Waals surface area (Å²) < 4.78 is 22.6. The van der Waals surface area contributed by atoms with E-state index in [1.54, 1.807) is 13.0 Å². The molecule has 6 nitrogen and oxygen atoms in total. The molecule has 0 spiro atoms. The molecule has 2 rings (SSSR count). The monoisotopic (exact) mass is 266 g/mol. The first-order chi connectivity index (χ1) is 8.48. The molecule has 0 saturated carbocycles. The summed E-state index contributed by atoms with van der Waals surface area (Å²) in [5.41, 5.74) is 1.02. The van der Waals surface area contributed by atoms with Crippen molar-refractivity contribution in [3.05, 3.63) is 17.5 Å². The van der Waals surface area contributed by atoms with Crippen molar-refractivity contribution in [1.82, 2.24) is 9.97 Å². The van der Waals surface area contributed by atoms with Crippen molar-refractivity contribution in [2.45, 2.75) is 13.3 Å². The molecule has 96 valence electrons. The van der Waals surface area contributed by atoms with Crippen molar-refractivity contribution in [3.63, 3.8) is 0 Å². The lowest BCUT2D eigenvalue weighted by Gasteiger charge is -2.09. The Labute approximate surface area is 106 Å². The number of nitriles is 1. The Morgan fingerprint density at radius 1 is 1.56 bits per heavy atom. The predicted octanol–water partition coefficient (Wildman–Crippen LogP) is 0.503. The molecule has 1 fully saturated rings. The van der Waals surface area contributed by atoms with Crippen LogP contribution in [0, 0.1) is 24.2 Å². The molecule has 1 aromatic heterocycles. The van der Waals surface area contributed by atoms with E-state index in [-0.39, 0.29) is 17.4 Å². The van der Waals surface area contributed by atoms with Gasteiger partial charge in [-0.3, -0.25) is 0 Å². The van der Waals surface area contributed by atoms with E-state index in [2.05, 4.69) is 15.3 Å². The summed E-state index contributed by atoms with van der Waals surface area (Å²) in [6, 6.07) is 3.56. The molecule has 18 heavy (non-hydrogen) atoms. The molecule has 1 aliphatic rings. The van der Waals surface area contributed by atoms with Gasteiger partial charge in [0.1, 0.15) is 11.8 Å². The molecular weight excluding hydrogens is 252 g/mol. The van der Waals surface area contributed by atoms with Gasteiger partial charge in [-0.05, 0) is 25.3 Å². The van der Waals surface area contributed by atoms with Crippen LogP contribution < -0.4 is 5.32 Å². The fourth-order valence-corrected chi connectivity index (χ4v) is 3.84. The van der Waals surface area contributed by atoms with Crippen molar-refractivity contribution in [2.75, 3.05) is 23.4 Å². The molecule has 2 heterocycles. The van der Waals surface area contributed by atoms with Crippen molar-refractivity contribution in [1.29, 1.82) is 5.26 Å². The van der Waals surface area contributed by atoms with Gasteiger partial charge >= 0.3 is 0 Å². The molecule has 1 aromatic rings. The van der Waals surface area contributed by atoms with Crippen LogP contribution in [0.2, 0.25) is 0 Å². The molecule has 0 radical (unpaired) electrons. The first kappa shape index (κ1) is 12.8. The number of hydrogen-bond donors (Lipinski definition) is 1. The van der Waals surface area contributed by atoms with Crippen molar-refractivity contribution in [2.24, 2.45) is 5.92 Å². The highest BCUT2D eigenvalue weighted by Crippen LogP contribution is 2.18. The maximum atomic E-state index is 11.3. The van der Waals surface area contributed by atoms with Gasteiger partial charge in [0.15, 0.2) is 9.84 Å². The SMILES string of the molecule is Cc1cc(C#N)nc(NCC2CCS(=O)(=O)C2)n1. The first-order valence-electron chi connectivity index (χ1n) is 5.68. The number of sulfone groups is 1. The van der Waals surface area contributed by atoms with Crippen molar-refractivity contribution in [3.8, 4) is 6.07 Å². The quantitative estimate of drug-likeness (QED) is 0.856. The van der Waals surface area contributed by atoms with E-state index in [1.165, 1.54) is 0 Å². The molecular formula is C11H14N4O2S. The summed E-state index contributed by atoms with van der Waals surface area (Å²) in [6.07, 6.45) is 0.673. The summed E-state index contributed by atoms with van der Waals surface area (Å²) in [5, 5.41) is 11.8. The van der Waals surface area contributed by atoms with Crippen molar-refractivity contribution < 1.29 is 8.42 Å². The Hall–Kier alpha value is -1.68. The van der Waals surface area contributed by atoms with Gasteiger partial charge in [0.25, 0.3) is 0 Å². The Kier molecular flexibility index (Phi) is 3.48. The first-order valence-corrected chi connectivity index (χ1v) is 7.51. The number of aromatic nitrogens is 2. The minimum Gasteiger partial charge on any atom is -0.354 e. The number of hydrogen-bond acceptors (Lipinski definition) is 6. The summed E-state index contributed by atoms with van der Waals surface area (Å²) >= 11 is 0. The van der Waals surface area contributed by atoms with E-state index in [4.69, 9.17) is 5.26 Å². The zero-order valence-electron chi connectivity index (χ0n) is 10.0. The Bertz CT molecular complexity index is 592. The van der Waals surface area contributed by atoms with Gasteiger partial charge in [-0.15, -0.1) is 0 Å². The minimum atomic E-state index is -2.85. The van der Waals surface area contributed by atoms with Gasteiger partial charge in [-0.1, -0.05) is 0 Å². The van der Waals surface area contributed by atoms with Crippen LogP contribution in [-0.4, -0.2) is 36.4 Å². The van der Waals surface area contributed by atoms with Crippen LogP contribution in [0.4, 0.5) is 5.95 Å². The minimum absolute atomic E-state index is 0.102. The molecule has 7 heteroatoms. The van der Waals surface area contributed by atoms with Crippen LogP contribution in [0.25, 0.3) is 0 Å². The topological polar surface area (TPSA) is 95.7 Å². The molecule has 0 bridgehead atoms. The Morgan fingerprint density at radius 2 is 2.33 bits per heavy atom. The predicted molar refractivity (Wildman–Crippen MR) is 66.7 cm³/mol.